The maximum Gasteiger partial charge on any atom is 0.255 e. The minimum absolute atomic E-state index is 0.0584. The van der Waals surface area contributed by atoms with Crippen LogP contribution in [0.5, 0.6) is 0 Å². The molecule has 5 nitrogen and oxygen atoms in total. The van der Waals surface area contributed by atoms with Crippen molar-refractivity contribution in [2.45, 2.75) is 38.6 Å². The Hall–Kier alpha value is -1.75. The number of anilines is 1. The molecule has 2 atom stereocenters. The number of amides is 2. The van der Waals surface area contributed by atoms with Gasteiger partial charge in [0.25, 0.3) is 5.91 Å². The molecule has 0 bridgehead atoms. The first-order valence-electron chi connectivity index (χ1n) is 8.43. The van der Waals surface area contributed by atoms with E-state index >= 15 is 0 Å². The first kappa shape index (κ1) is 18.6. The first-order valence-corrected chi connectivity index (χ1v) is 8.80. The molecule has 132 valence electrons. The van der Waals surface area contributed by atoms with E-state index in [4.69, 9.17) is 11.6 Å². The Balaban J connectivity index is 1.99. The van der Waals surface area contributed by atoms with Gasteiger partial charge in [0, 0.05) is 30.8 Å². The second-order valence-electron chi connectivity index (χ2n) is 6.68. The molecule has 1 aliphatic rings. The smallest absolute Gasteiger partial charge is 0.255 e. The number of hydrogen-bond acceptors (Lipinski definition) is 3. The molecule has 1 aromatic rings. The summed E-state index contributed by atoms with van der Waals surface area (Å²) in [4.78, 5) is 25.9. The average molecular weight is 352 g/mol. The van der Waals surface area contributed by atoms with E-state index in [0.29, 0.717) is 22.2 Å². The molecule has 2 N–H and O–H groups in total. The van der Waals surface area contributed by atoms with Crippen LogP contribution in [-0.2, 0) is 4.79 Å². The zero-order valence-electron chi connectivity index (χ0n) is 14.6. The molecule has 1 aliphatic carbocycles. The highest BCUT2D eigenvalue weighted by molar-refractivity contribution is 6.31. The van der Waals surface area contributed by atoms with Crippen molar-refractivity contribution in [3.05, 3.63) is 28.8 Å². The van der Waals surface area contributed by atoms with Crippen molar-refractivity contribution in [1.29, 1.82) is 0 Å². The topological polar surface area (TPSA) is 61.4 Å². The van der Waals surface area contributed by atoms with Crippen molar-refractivity contribution in [3.8, 4) is 0 Å². The highest BCUT2D eigenvalue weighted by Gasteiger charge is 2.23. The molecule has 1 saturated carbocycles. The van der Waals surface area contributed by atoms with Gasteiger partial charge in [-0.2, -0.15) is 0 Å². The van der Waals surface area contributed by atoms with Crippen molar-refractivity contribution in [3.63, 3.8) is 0 Å². The van der Waals surface area contributed by atoms with Gasteiger partial charge in [0.05, 0.1) is 12.1 Å². The van der Waals surface area contributed by atoms with Gasteiger partial charge in [-0.15, -0.1) is 0 Å². The number of halogens is 1. The Labute approximate surface area is 148 Å². The second kappa shape index (κ2) is 8.38. The highest BCUT2D eigenvalue weighted by Crippen LogP contribution is 2.24. The van der Waals surface area contributed by atoms with Crippen LogP contribution < -0.4 is 10.6 Å². The van der Waals surface area contributed by atoms with Crippen molar-refractivity contribution in [2.24, 2.45) is 5.92 Å². The Kier molecular flexibility index (Phi) is 6.49. The third kappa shape index (κ3) is 4.87. The van der Waals surface area contributed by atoms with Gasteiger partial charge in [0.15, 0.2) is 0 Å². The molecule has 0 spiro atoms. The maximum absolute atomic E-state index is 12.2. The Bertz CT molecular complexity index is 604. The largest absolute Gasteiger partial charge is 0.375 e. The van der Waals surface area contributed by atoms with Crippen LogP contribution in [0, 0.1) is 5.92 Å². The molecule has 0 aliphatic heterocycles. The Morgan fingerprint density at radius 3 is 2.62 bits per heavy atom. The van der Waals surface area contributed by atoms with Gasteiger partial charge in [0.1, 0.15) is 0 Å². The lowest BCUT2D eigenvalue weighted by Gasteiger charge is -2.29. The summed E-state index contributed by atoms with van der Waals surface area (Å²) < 4.78 is 0. The molecule has 24 heavy (non-hydrogen) atoms. The van der Waals surface area contributed by atoms with E-state index in [1.54, 1.807) is 32.3 Å². The maximum atomic E-state index is 12.2. The van der Waals surface area contributed by atoms with E-state index < -0.39 is 0 Å². The fourth-order valence-electron chi connectivity index (χ4n) is 3.05. The predicted octanol–water partition coefficient (Wildman–Crippen LogP) is 3.15. The second-order valence-corrected chi connectivity index (χ2v) is 7.12. The number of carbonyl (C=O) groups is 2. The van der Waals surface area contributed by atoms with Gasteiger partial charge >= 0.3 is 0 Å². The zero-order chi connectivity index (χ0) is 17.7. The van der Waals surface area contributed by atoms with Gasteiger partial charge in [-0.05, 0) is 37.0 Å². The Morgan fingerprint density at radius 1 is 1.25 bits per heavy atom. The molecule has 0 aromatic heterocycles. The molecule has 2 unspecified atom stereocenters. The van der Waals surface area contributed by atoms with Gasteiger partial charge < -0.3 is 15.5 Å². The standard InChI is InChI=1S/C18H26ClN3O2/c1-12-6-4-5-7-15(12)21-17(23)11-20-16-10-13(19)8-9-14(16)18(24)22(2)3/h8-10,12,15,20H,4-7,11H2,1-3H3,(H,21,23). The monoisotopic (exact) mass is 351 g/mol. The lowest BCUT2D eigenvalue weighted by atomic mass is 9.86. The van der Waals surface area contributed by atoms with Crippen LogP contribution in [0.25, 0.3) is 0 Å². The molecule has 0 saturated heterocycles. The molecule has 1 aromatic carbocycles. The van der Waals surface area contributed by atoms with Crippen molar-refractivity contribution in [2.75, 3.05) is 26.0 Å². The normalized spacial score (nSPS) is 20.3. The van der Waals surface area contributed by atoms with E-state index in [0.717, 1.165) is 12.8 Å². The van der Waals surface area contributed by atoms with Crippen LogP contribution in [0.15, 0.2) is 18.2 Å². The summed E-state index contributed by atoms with van der Waals surface area (Å²) in [6.45, 7) is 2.31. The summed E-state index contributed by atoms with van der Waals surface area (Å²) in [6.07, 6.45) is 4.60. The Morgan fingerprint density at radius 2 is 1.96 bits per heavy atom. The lowest BCUT2D eigenvalue weighted by Crippen LogP contribution is -2.43. The van der Waals surface area contributed by atoms with Crippen LogP contribution >= 0.6 is 11.6 Å². The summed E-state index contributed by atoms with van der Waals surface area (Å²) in [5, 5.41) is 6.67. The van der Waals surface area contributed by atoms with E-state index in [1.807, 2.05) is 0 Å². The van der Waals surface area contributed by atoms with E-state index in [1.165, 1.54) is 17.7 Å². The van der Waals surface area contributed by atoms with Gasteiger partial charge in [-0.3, -0.25) is 9.59 Å². The fraction of sp³-hybridized carbons (Fsp3) is 0.556. The van der Waals surface area contributed by atoms with Gasteiger partial charge in [0.2, 0.25) is 5.91 Å². The van der Waals surface area contributed by atoms with E-state index in [9.17, 15) is 9.59 Å². The highest BCUT2D eigenvalue weighted by atomic mass is 35.5. The van der Waals surface area contributed by atoms with Crippen molar-refractivity contribution in [1.82, 2.24) is 10.2 Å². The van der Waals surface area contributed by atoms with Gasteiger partial charge in [-0.25, -0.2) is 0 Å². The molecular formula is C18H26ClN3O2. The van der Waals surface area contributed by atoms with Gasteiger partial charge in [-0.1, -0.05) is 31.4 Å². The quantitative estimate of drug-likeness (QED) is 0.856. The zero-order valence-corrected chi connectivity index (χ0v) is 15.3. The SMILES string of the molecule is CC1CCCCC1NC(=O)CNc1cc(Cl)ccc1C(=O)N(C)C. The minimum atomic E-state index is -0.129. The third-order valence-electron chi connectivity index (χ3n) is 4.52. The van der Waals surface area contributed by atoms with Crippen molar-refractivity contribution < 1.29 is 9.59 Å². The van der Waals surface area contributed by atoms with Crippen molar-refractivity contribution >= 4 is 29.1 Å². The minimum Gasteiger partial charge on any atom is -0.375 e. The third-order valence-corrected chi connectivity index (χ3v) is 4.75. The molecule has 2 amide bonds. The lowest BCUT2D eigenvalue weighted by molar-refractivity contribution is -0.120. The van der Waals surface area contributed by atoms with Crippen LogP contribution in [0.4, 0.5) is 5.69 Å². The molecule has 1 fully saturated rings. The molecule has 0 heterocycles. The number of hydrogen-bond donors (Lipinski definition) is 2. The van der Waals surface area contributed by atoms with Crippen LogP contribution in [0.2, 0.25) is 5.02 Å². The molecule has 2 rings (SSSR count). The number of benzene rings is 1. The summed E-state index contributed by atoms with van der Waals surface area (Å²) in [7, 11) is 3.38. The summed E-state index contributed by atoms with van der Waals surface area (Å²) in [5.74, 6) is 0.326. The van der Waals surface area contributed by atoms with Crippen LogP contribution in [0.3, 0.4) is 0 Å². The van der Waals surface area contributed by atoms with E-state index in [2.05, 4.69) is 17.6 Å². The average Bonchev–Trinajstić information content (AvgIpc) is 2.54. The number of rotatable bonds is 5. The molecular weight excluding hydrogens is 326 g/mol. The number of nitrogens with one attached hydrogen (secondary N) is 2. The fourth-order valence-corrected chi connectivity index (χ4v) is 3.23. The summed E-state index contributed by atoms with van der Waals surface area (Å²) in [6, 6.07) is 5.27. The summed E-state index contributed by atoms with van der Waals surface area (Å²) >= 11 is 6.03. The van der Waals surface area contributed by atoms with E-state index in [-0.39, 0.29) is 24.4 Å². The van der Waals surface area contributed by atoms with Crippen LogP contribution in [0.1, 0.15) is 43.0 Å². The number of carbonyl (C=O) groups excluding carboxylic acids is 2. The summed E-state index contributed by atoms with van der Waals surface area (Å²) in [5.41, 5.74) is 1.08. The molecule has 0 radical (unpaired) electrons. The molecule has 6 heteroatoms. The first-order chi connectivity index (χ1) is 11.4. The number of nitrogens with zero attached hydrogens (tertiary/aromatic N) is 1. The predicted molar refractivity (Wildman–Crippen MR) is 97.5 cm³/mol. The van der Waals surface area contributed by atoms with Crippen LogP contribution in [-0.4, -0.2) is 43.4 Å².